The largest absolute Gasteiger partial charge is 0.365 e. The maximum absolute atomic E-state index is 13.6. The van der Waals surface area contributed by atoms with Crippen LogP contribution >= 0.6 is 0 Å². The molecule has 132 valence electrons. The lowest BCUT2D eigenvalue weighted by Gasteiger charge is -2.41. The number of hydrogen-bond donors (Lipinski definition) is 1. The summed E-state index contributed by atoms with van der Waals surface area (Å²) >= 11 is 0. The molecule has 1 heterocycles. The van der Waals surface area contributed by atoms with Gasteiger partial charge in [0.15, 0.2) is 0 Å². The standard InChI is InChI=1S/C20H24FN3O/c1-14-4-8-18(9-5-14)24-11-10-23(13-16(24)3)20(25)22-17-7-6-15(2)19(21)12-17/h4-9,12,16H,10-11,13H2,1-3H3,(H,22,25)/t16-/m0/s1. The topological polar surface area (TPSA) is 35.6 Å². The van der Waals surface area contributed by atoms with Crippen molar-refractivity contribution >= 4 is 17.4 Å². The Morgan fingerprint density at radius 3 is 2.48 bits per heavy atom. The van der Waals surface area contributed by atoms with Crippen molar-refractivity contribution in [3.8, 4) is 0 Å². The average molecular weight is 341 g/mol. The number of nitrogens with one attached hydrogen (secondary N) is 1. The maximum Gasteiger partial charge on any atom is 0.321 e. The summed E-state index contributed by atoms with van der Waals surface area (Å²) in [5.41, 5.74) is 3.47. The SMILES string of the molecule is Cc1ccc(N2CCN(C(=O)Nc3ccc(C)c(F)c3)C[C@@H]2C)cc1. The first-order valence-electron chi connectivity index (χ1n) is 8.59. The molecule has 2 amide bonds. The van der Waals surface area contributed by atoms with Gasteiger partial charge in [-0.1, -0.05) is 23.8 Å². The van der Waals surface area contributed by atoms with Crippen LogP contribution in [-0.4, -0.2) is 36.6 Å². The summed E-state index contributed by atoms with van der Waals surface area (Å²) in [6.45, 7) is 7.94. The third-order valence-corrected chi connectivity index (χ3v) is 4.70. The molecule has 2 aromatic rings. The highest BCUT2D eigenvalue weighted by atomic mass is 19.1. The number of carbonyl (C=O) groups excluding carboxylic acids is 1. The zero-order chi connectivity index (χ0) is 18.0. The van der Waals surface area contributed by atoms with Gasteiger partial charge in [-0.3, -0.25) is 0 Å². The van der Waals surface area contributed by atoms with E-state index in [1.165, 1.54) is 17.3 Å². The predicted molar refractivity (Wildman–Crippen MR) is 99.7 cm³/mol. The highest BCUT2D eigenvalue weighted by Gasteiger charge is 2.27. The molecule has 0 aromatic heterocycles. The minimum Gasteiger partial charge on any atom is -0.365 e. The lowest BCUT2D eigenvalue weighted by Crippen LogP contribution is -2.54. The maximum atomic E-state index is 13.6. The molecule has 25 heavy (non-hydrogen) atoms. The Balaban J connectivity index is 1.62. The molecule has 0 bridgehead atoms. The molecule has 1 N–H and O–H groups in total. The Labute approximate surface area is 148 Å². The predicted octanol–water partition coefficient (Wildman–Crippen LogP) is 4.19. The van der Waals surface area contributed by atoms with Gasteiger partial charge in [-0.05, 0) is 50.6 Å². The van der Waals surface area contributed by atoms with Gasteiger partial charge in [-0.25, -0.2) is 9.18 Å². The molecule has 1 aliphatic heterocycles. The number of halogens is 1. The molecule has 1 atom stereocenters. The highest BCUT2D eigenvalue weighted by molar-refractivity contribution is 5.89. The molecule has 2 aromatic carbocycles. The molecule has 0 unspecified atom stereocenters. The molecule has 1 saturated heterocycles. The molecule has 1 aliphatic rings. The number of rotatable bonds is 2. The van der Waals surface area contributed by atoms with Crippen LogP contribution in [0, 0.1) is 19.7 Å². The van der Waals surface area contributed by atoms with Gasteiger partial charge in [0, 0.05) is 37.1 Å². The molecular formula is C20H24FN3O. The Morgan fingerprint density at radius 2 is 1.84 bits per heavy atom. The first kappa shape index (κ1) is 17.3. The fraction of sp³-hybridized carbons (Fsp3) is 0.350. The number of hydrogen-bond acceptors (Lipinski definition) is 2. The van der Waals surface area contributed by atoms with Crippen molar-refractivity contribution in [1.29, 1.82) is 0 Å². The minimum absolute atomic E-state index is 0.182. The second-order valence-electron chi connectivity index (χ2n) is 6.72. The Kier molecular flexibility index (Phi) is 4.93. The Hall–Kier alpha value is -2.56. The van der Waals surface area contributed by atoms with E-state index in [-0.39, 0.29) is 17.9 Å². The monoisotopic (exact) mass is 341 g/mol. The van der Waals surface area contributed by atoms with Crippen LogP contribution in [0.4, 0.5) is 20.6 Å². The van der Waals surface area contributed by atoms with Gasteiger partial charge in [0.2, 0.25) is 0 Å². The Morgan fingerprint density at radius 1 is 1.12 bits per heavy atom. The van der Waals surface area contributed by atoms with Crippen LogP contribution in [0.2, 0.25) is 0 Å². The van der Waals surface area contributed by atoms with E-state index in [9.17, 15) is 9.18 Å². The van der Waals surface area contributed by atoms with Crippen molar-refractivity contribution in [2.45, 2.75) is 26.8 Å². The van der Waals surface area contributed by atoms with Gasteiger partial charge < -0.3 is 15.1 Å². The minimum atomic E-state index is -0.310. The van der Waals surface area contributed by atoms with Gasteiger partial charge in [-0.2, -0.15) is 0 Å². The molecule has 0 saturated carbocycles. The van der Waals surface area contributed by atoms with Gasteiger partial charge in [-0.15, -0.1) is 0 Å². The first-order valence-corrected chi connectivity index (χ1v) is 8.59. The van der Waals surface area contributed by atoms with Crippen molar-refractivity contribution in [1.82, 2.24) is 4.90 Å². The van der Waals surface area contributed by atoms with E-state index in [0.717, 1.165) is 6.54 Å². The third kappa shape index (κ3) is 3.92. The smallest absolute Gasteiger partial charge is 0.321 e. The fourth-order valence-corrected chi connectivity index (χ4v) is 3.14. The van der Waals surface area contributed by atoms with E-state index in [4.69, 9.17) is 0 Å². The number of urea groups is 1. The number of benzene rings is 2. The van der Waals surface area contributed by atoms with Gasteiger partial charge >= 0.3 is 6.03 Å². The third-order valence-electron chi connectivity index (χ3n) is 4.70. The van der Waals surface area contributed by atoms with E-state index in [0.29, 0.717) is 24.3 Å². The fourth-order valence-electron chi connectivity index (χ4n) is 3.14. The number of amides is 2. The van der Waals surface area contributed by atoms with Crippen LogP contribution in [0.5, 0.6) is 0 Å². The van der Waals surface area contributed by atoms with Crippen molar-refractivity contribution in [2.75, 3.05) is 29.9 Å². The summed E-state index contributed by atoms with van der Waals surface area (Å²) in [7, 11) is 0. The van der Waals surface area contributed by atoms with Gasteiger partial charge in [0.1, 0.15) is 5.82 Å². The van der Waals surface area contributed by atoms with Crippen LogP contribution in [0.15, 0.2) is 42.5 Å². The number of carbonyl (C=O) groups is 1. The molecule has 5 heteroatoms. The molecule has 0 spiro atoms. The van der Waals surface area contributed by atoms with E-state index in [2.05, 4.69) is 48.3 Å². The first-order chi connectivity index (χ1) is 11.9. The summed E-state index contributed by atoms with van der Waals surface area (Å²) in [6, 6.07) is 13.2. The second kappa shape index (κ2) is 7.13. The molecule has 1 fully saturated rings. The summed E-state index contributed by atoms with van der Waals surface area (Å²) < 4.78 is 13.6. The normalized spacial score (nSPS) is 17.5. The van der Waals surface area contributed by atoms with E-state index >= 15 is 0 Å². The van der Waals surface area contributed by atoms with Crippen LogP contribution in [0.1, 0.15) is 18.1 Å². The van der Waals surface area contributed by atoms with Crippen LogP contribution < -0.4 is 10.2 Å². The Bertz CT molecular complexity index is 760. The summed E-state index contributed by atoms with van der Waals surface area (Å²) in [5.74, 6) is -0.310. The molecule has 3 rings (SSSR count). The average Bonchev–Trinajstić information content (AvgIpc) is 2.59. The van der Waals surface area contributed by atoms with Gasteiger partial charge in [0.05, 0.1) is 0 Å². The zero-order valence-electron chi connectivity index (χ0n) is 14.9. The number of piperazine rings is 1. The van der Waals surface area contributed by atoms with Crippen molar-refractivity contribution in [3.05, 3.63) is 59.4 Å². The zero-order valence-corrected chi connectivity index (χ0v) is 14.9. The molecular weight excluding hydrogens is 317 g/mol. The van der Waals surface area contributed by atoms with E-state index < -0.39 is 0 Å². The van der Waals surface area contributed by atoms with Crippen LogP contribution in [0.25, 0.3) is 0 Å². The second-order valence-corrected chi connectivity index (χ2v) is 6.72. The van der Waals surface area contributed by atoms with Crippen LogP contribution in [-0.2, 0) is 0 Å². The summed E-state index contributed by atoms with van der Waals surface area (Å²) in [5, 5.41) is 2.79. The number of nitrogens with zero attached hydrogens (tertiary/aromatic N) is 2. The lowest BCUT2D eigenvalue weighted by molar-refractivity contribution is 0.200. The highest BCUT2D eigenvalue weighted by Crippen LogP contribution is 2.22. The van der Waals surface area contributed by atoms with Crippen molar-refractivity contribution < 1.29 is 9.18 Å². The lowest BCUT2D eigenvalue weighted by atomic mass is 10.1. The van der Waals surface area contributed by atoms with E-state index in [1.807, 2.05) is 0 Å². The number of aryl methyl sites for hydroxylation is 2. The summed E-state index contributed by atoms with van der Waals surface area (Å²) in [6.07, 6.45) is 0. The molecule has 4 nitrogen and oxygen atoms in total. The van der Waals surface area contributed by atoms with Crippen molar-refractivity contribution in [3.63, 3.8) is 0 Å². The van der Waals surface area contributed by atoms with E-state index in [1.54, 1.807) is 24.0 Å². The molecule has 0 radical (unpaired) electrons. The number of anilines is 2. The van der Waals surface area contributed by atoms with Crippen LogP contribution in [0.3, 0.4) is 0 Å². The van der Waals surface area contributed by atoms with Crippen molar-refractivity contribution in [2.24, 2.45) is 0 Å². The summed E-state index contributed by atoms with van der Waals surface area (Å²) in [4.78, 5) is 16.6. The van der Waals surface area contributed by atoms with Gasteiger partial charge in [0.25, 0.3) is 0 Å². The quantitative estimate of drug-likeness (QED) is 0.889. The molecule has 0 aliphatic carbocycles.